The molecule has 1 heterocycles. The molecule has 1 N–H and O–H groups in total. The molecule has 4 nitrogen and oxygen atoms in total. The highest BCUT2D eigenvalue weighted by Gasteiger charge is 2.00. The Hall–Kier alpha value is -1.03. The highest BCUT2D eigenvalue weighted by atomic mass is 35.5. The first-order chi connectivity index (χ1) is 5.20. The van der Waals surface area contributed by atoms with Crippen LogP contribution in [0.15, 0.2) is 12.5 Å². The molecule has 0 aliphatic heterocycles. The van der Waals surface area contributed by atoms with E-state index in [4.69, 9.17) is 16.7 Å². The van der Waals surface area contributed by atoms with Gasteiger partial charge in [0, 0.05) is 6.54 Å². The number of hydrogen-bond donors (Lipinski definition) is 1. The second kappa shape index (κ2) is 3.39. The van der Waals surface area contributed by atoms with Crippen LogP contribution in [0.25, 0.3) is 0 Å². The molecule has 0 amide bonds. The summed E-state index contributed by atoms with van der Waals surface area (Å²) in [7, 11) is 0. The van der Waals surface area contributed by atoms with Crippen LogP contribution in [-0.4, -0.2) is 20.6 Å². The maximum atomic E-state index is 10.1. The fraction of sp³-hybridized carbons (Fsp3) is 0.333. The van der Waals surface area contributed by atoms with Crippen molar-refractivity contribution in [1.29, 1.82) is 0 Å². The number of carboxylic acids is 1. The van der Waals surface area contributed by atoms with Crippen molar-refractivity contribution in [2.24, 2.45) is 0 Å². The SMILES string of the molecule is O=C(O)CCn1cncc1Cl. The maximum Gasteiger partial charge on any atom is 0.305 e. The van der Waals surface area contributed by atoms with Gasteiger partial charge in [0.25, 0.3) is 0 Å². The summed E-state index contributed by atoms with van der Waals surface area (Å²) in [6, 6.07) is 0. The lowest BCUT2D eigenvalue weighted by Crippen LogP contribution is -2.03. The second-order valence-electron chi connectivity index (χ2n) is 2.05. The molecule has 0 aliphatic rings. The summed E-state index contributed by atoms with van der Waals surface area (Å²) < 4.78 is 1.58. The van der Waals surface area contributed by atoms with Gasteiger partial charge in [0.2, 0.25) is 0 Å². The van der Waals surface area contributed by atoms with Gasteiger partial charge in [-0.25, -0.2) is 4.98 Å². The zero-order valence-corrected chi connectivity index (χ0v) is 6.45. The van der Waals surface area contributed by atoms with Crippen molar-refractivity contribution in [3.63, 3.8) is 0 Å². The van der Waals surface area contributed by atoms with Gasteiger partial charge in [-0.05, 0) is 0 Å². The zero-order chi connectivity index (χ0) is 8.27. The van der Waals surface area contributed by atoms with Gasteiger partial charge in [0.05, 0.1) is 18.9 Å². The lowest BCUT2D eigenvalue weighted by Gasteiger charge is -1.98. The number of aliphatic carboxylic acids is 1. The topological polar surface area (TPSA) is 55.1 Å². The van der Waals surface area contributed by atoms with E-state index in [9.17, 15) is 4.79 Å². The largest absolute Gasteiger partial charge is 0.481 e. The predicted molar refractivity (Wildman–Crippen MR) is 39.5 cm³/mol. The number of nitrogens with zero attached hydrogens (tertiary/aromatic N) is 2. The van der Waals surface area contributed by atoms with Gasteiger partial charge in [-0.3, -0.25) is 4.79 Å². The van der Waals surface area contributed by atoms with Crippen LogP contribution in [0.1, 0.15) is 6.42 Å². The van der Waals surface area contributed by atoms with Crippen LogP contribution in [0.4, 0.5) is 0 Å². The Kier molecular flexibility index (Phi) is 2.48. The number of aromatic nitrogens is 2. The molecule has 0 fully saturated rings. The number of aryl methyl sites for hydroxylation is 1. The Morgan fingerprint density at radius 2 is 2.55 bits per heavy atom. The van der Waals surface area contributed by atoms with Gasteiger partial charge in [-0.15, -0.1) is 0 Å². The fourth-order valence-corrected chi connectivity index (χ4v) is 0.870. The summed E-state index contributed by atoms with van der Waals surface area (Å²) >= 11 is 5.63. The molecule has 1 aromatic rings. The average Bonchev–Trinajstić information content (AvgIpc) is 2.31. The summed E-state index contributed by atoms with van der Waals surface area (Å²) in [5.41, 5.74) is 0. The van der Waals surface area contributed by atoms with E-state index in [1.54, 1.807) is 4.57 Å². The van der Waals surface area contributed by atoms with Crippen molar-refractivity contribution in [1.82, 2.24) is 9.55 Å². The minimum absolute atomic E-state index is 0.0656. The summed E-state index contributed by atoms with van der Waals surface area (Å²) in [4.78, 5) is 13.9. The van der Waals surface area contributed by atoms with Crippen molar-refractivity contribution in [3.8, 4) is 0 Å². The molecule has 0 bridgehead atoms. The van der Waals surface area contributed by atoms with E-state index >= 15 is 0 Å². The van der Waals surface area contributed by atoms with Gasteiger partial charge in [0.15, 0.2) is 0 Å². The molecule has 0 spiro atoms. The van der Waals surface area contributed by atoms with Gasteiger partial charge in [-0.2, -0.15) is 0 Å². The maximum absolute atomic E-state index is 10.1. The van der Waals surface area contributed by atoms with E-state index in [1.165, 1.54) is 12.5 Å². The Morgan fingerprint density at radius 3 is 3.00 bits per heavy atom. The molecule has 60 valence electrons. The first-order valence-electron chi connectivity index (χ1n) is 3.07. The first-order valence-corrected chi connectivity index (χ1v) is 3.45. The molecule has 0 aromatic carbocycles. The normalized spacial score (nSPS) is 9.91. The minimum atomic E-state index is -0.838. The smallest absolute Gasteiger partial charge is 0.305 e. The van der Waals surface area contributed by atoms with Crippen LogP contribution in [0.5, 0.6) is 0 Å². The molecular weight excluding hydrogens is 168 g/mol. The second-order valence-corrected chi connectivity index (χ2v) is 2.44. The third-order valence-electron chi connectivity index (χ3n) is 1.23. The summed E-state index contributed by atoms with van der Waals surface area (Å²) in [6.07, 6.45) is 3.05. The van der Waals surface area contributed by atoms with Crippen molar-refractivity contribution < 1.29 is 9.90 Å². The summed E-state index contributed by atoms with van der Waals surface area (Å²) in [5, 5.41) is 8.79. The van der Waals surface area contributed by atoms with Gasteiger partial charge >= 0.3 is 5.97 Å². The summed E-state index contributed by atoms with van der Waals surface area (Å²) in [6.45, 7) is 0.369. The van der Waals surface area contributed by atoms with Crippen LogP contribution in [0.2, 0.25) is 5.15 Å². The monoisotopic (exact) mass is 174 g/mol. The Balaban J connectivity index is 2.51. The third-order valence-corrected chi connectivity index (χ3v) is 1.54. The van der Waals surface area contributed by atoms with E-state index in [2.05, 4.69) is 4.98 Å². The van der Waals surface area contributed by atoms with Gasteiger partial charge in [-0.1, -0.05) is 11.6 Å². The van der Waals surface area contributed by atoms with Gasteiger partial charge in [0.1, 0.15) is 5.15 Å². The van der Waals surface area contributed by atoms with Gasteiger partial charge < -0.3 is 9.67 Å². The molecule has 11 heavy (non-hydrogen) atoms. The highest BCUT2D eigenvalue weighted by Crippen LogP contribution is 2.06. The minimum Gasteiger partial charge on any atom is -0.481 e. The highest BCUT2D eigenvalue weighted by molar-refractivity contribution is 6.29. The number of hydrogen-bond acceptors (Lipinski definition) is 2. The van der Waals surface area contributed by atoms with E-state index in [0.717, 1.165) is 0 Å². The fourth-order valence-electron chi connectivity index (χ4n) is 0.685. The molecule has 0 saturated heterocycles. The zero-order valence-electron chi connectivity index (χ0n) is 5.70. The van der Waals surface area contributed by atoms with Crippen LogP contribution in [-0.2, 0) is 11.3 Å². The molecule has 1 rings (SSSR count). The number of imidazole rings is 1. The van der Waals surface area contributed by atoms with E-state index < -0.39 is 5.97 Å². The average molecular weight is 175 g/mol. The molecule has 0 radical (unpaired) electrons. The first kappa shape index (κ1) is 8.07. The number of halogens is 1. The Labute approximate surface area is 68.4 Å². The molecule has 0 saturated carbocycles. The molecule has 0 atom stereocenters. The molecule has 1 aromatic heterocycles. The Bertz CT molecular complexity index is 259. The van der Waals surface area contributed by atoms with Crippen LogP contribution in [0, 0.1) is 0 Å². The van der Waals surface area contributed by atoms with Crippen LogP contribution >= 0.6 is 11.6 Å². The third kappa shape index (κ3) is 2.23. The van der Waals surface area contributed by atoms with Crippen molar-refractivity contribution >= 4 is 17.6 Å². The van der Waals surface area contributed by atoms with Crippen molar-refractivity contribution in [2.45, 2.75) is 13.0 Å². The number of rotatable bonds is 3. The number of carbonyl (C=O) groups is 1. The quantitative estimate of drug-likeness (QED) is 0.744. The van der Waals surface area contributed by atoms with Crippen molar-refractivity contribution in [2.75, 3.05) is 0 Å². The molecule has 0 unspecified atom stereocenters. The molecular formula is C6H7ClN2O2. The molecule has 5 heteroatoms. The van der Waals surface area contributed by atoms with E-state index in [0.29, 0.717) is 11.7 Å². The molecule has 0 aliphatic carbocycles. The summed E-state index contributed by atoms with van der Waals surface area (Å²) in [5.74, 6) is -0.838. The predicted octanol–water partition coefficient (Wildman–Crippen LogP) is 1.01. The van der Waals surface area contributed by atoms with Crippen LogP contribution in [0.3, 0.4) is 0 Å². The Morgan fingerprint density at radius 1 is 1.82 bits per heavy atom. The van der Waals surface area contributed by atoms with E-state index in [-0.39, 0.29) is 6.42 Å². The van der Waals surface area contributed by atoms with Crippen molar-refractivity contribution in [3.05, 3.63) is 17.7 Å². The number of carboxylic acid groups (broad SMARTS) is 1. The van der Waals surface area contributed by atoms with E-state index in [1.807, 2.05) is 0 Å². The lowest BCUT2D eigenvalue weighted by molar-refractivity contribution is -0.137. The van der Waals surface area contributed by atoms with Crippen LogP contribution < -0.4 is 0 Å². The lowest BCUT2D eigenvalue weighted by atomic mass is 10.4. The standard InChI is InChI=1S/C6H7ClN2O2/c7-5-3-8-4-9(5)2-1-6(10)11/h3-4H,1-2H2,(H,10,11).